The quantitative estimate of drug-likeness (QED) is 0.848. The van der Waals surface area contributed by atoms with Crippen LogP contribution in [-0.4, -0.2) is 24.7 Å². The number of carbonyl (C=O) groups is 1. The van der Waals surface area contributed by atoms with Crippen LogP contribution in [0.2, 0.25) is 0 Å². The Hall–Kier alpha value is -2.71. The van der Waals surface area contributed by atoms with E-state index in [4.69, 9.17) is 14.3 Å². The second-order valence-electron chi connectivity index (χ2n) is 4.22. The summed E-state index contributed by atoms with van der Waals surface area (Å²) in [6.07, 6.45) is 1.46. The van der Waals surface area contributed by atoms with E-state index in [1.165, 1.54) is 13.4 Å². The number of amides is 1. The molecule has 0 saturated carbocycles. The Morgan fingerprint density at radius 1 is 1.43 bits per heavy atom. The van der Waals surface area contributed by atoms with Crippen molar-refractivity contribution in [3.8, 4) is 17.6 Å². The van der Waals surface area contributed by atoms with Crippen LogP contribution in [0.4, 0.5) is 5.69 Å². The first-order chi connectivity index (χ1) is 10.2. The van der Waals surface area contributed by atoms with Crippen molar-refractivity contribution in [1.29, 1.82) is 0 Å². The van der Waals surface area contributed by atoms with E-state index in [-0.39, 0.29) is 12.5 Å². The number of aryl methyl sites for hydroxylation is 1. The second-order valence-corrected chi connectivity index (χ2v) is 4.22. The van der Waals surface area contributed by atoms with Gasteiger partial charge in [0.05, 0.1) is 24.6 Å². The van der Waals surface area contributed by atoms with Crippen LogP contribution in [0.15, 0.2) is 34.9 Å². The molecule has 2 aromatic rings. The molecule has 0 atom stereocenters. The third-order valence-corrected chi connectivity index (χ3v) is 2.86. The average Bonchev–Trinajstić information content (AvgIpc) is 2.91. The molecule has 0 spiro atoms. The lowest BCUT2D eigenvalue weighted by Gasteiger charge is -2.10. The van der Waals surface area contributed by atoms with Gasteiger partial charge in [0.1, 0.15) is 18.1 Å². The topological polar surface area (TPSA) is 71.7 Å². The summed E-state index contributed by atoms with van der Waals surface area (Å²) in [7, 11) is 1.52. The van der Waals surface area contributed by atoms with E-state index in [1.807, 2.05) is 0 Å². The summed E-state index contributed by atoms with van der Waals surface area (Å²) in [6.45, 7) is 1.50. The molecule has 5 heteroatoms. The molecule has 108 valence electrons. The van der Waals surface area contributed by atoms with Gasteiger partial charge < -0.3 is 19.6 Å². The van der Waals surface area contributed by atoms with E-state index in [1.54, 1.807) is 31.2 Å². The number of hydrogen-bond donors (Lipinski definition) is 2. The van der Waals surface area contributed by atoms with Gasteiger partial charge in [0.2, 0.25) is 0 Å². The van der Waals surface area contributed by atoms with Crippen LogP contribution in [0.25, 0.3) is 0 Å². The molecule has 2 N–H and O–H groups in total. The van der Waals surface area contributed by atoms with Crippen LogP contribution in [0.3, 0.4) is 0 Å². The number of hydrogen-bond acceptors (Lipinski definition) is 4. The van der Waals surface area contributed by atoms with Gasteiger partial charge in [0.15, 0.2) is 0 Å². The summed E-state index contributed by atoms with van der Waals surface area (Å²) in [6, 6.07) is 6.75. The zero-order chi connectivity index (χ0) is 15.2. The number of benzene rings is 1. The largest absolute Gasteiger partial charge is 0.495 e. The molecule has 0 fully saturated rings. The van der Waals surface area contributed by atoms with E-state index in [9.17, 15) is 4.79 Å². The lowest BCUT2D eigenvalue weighted by atomic mass is 10.1. The van der Waals surface area contributed by atoms with Gasteiger partial charge in [-0.25, -0.2) is 0 Å². The predicted octanol–water partition coefficient (Wildman–Crippen LogP) is 2.19. The Balaban J connectivity index is 2.29. The molecule has 5 nitrogen and oxygen atoms in total. The zero-order valence-corrected chi connectivity index (χ0v) is 11.8. The Labute approximate surface area is 122 Å². The first kappa shape index (κ1) is 14.7. The third kappa shape index (κ3) is 3.44. The smallest absolute Gasteiger partial charge is 0.259 e. The Morgan fingerprint density at radius 2 is 2.24 bits per heavy atom. The standard InChI is InChI=1S/C16H15NO4/c1-11-13(7-9-21-11)16(19)17-14-10-12(4-3-8-18)5-6-15(14)20-2/h5-7,9-10,18H,8H2,1-2H3,(H,17,19). The van der Waals surface area contributed by atoms with E-state index >= 15 is 0 Å². The number of methoxy groups -OCH3 is 1. The van der Waals surface area contributed by atoms with Crippen molar-refractivity contribution in [3.63, 3.8) is 0 Å². The highest BCUT2D eigenvalue weighted by Gasteiger charge is 2.14. The molecule has 1 heterocycles. The number of rotatable bonds is 3. The van der Waals surface area contributed by atoms with Crippen molar-refractivity contribution >= 4 is 11.6 Å². The van der Waals surface area contributed by atoms with Gasteiger partial charge in [-0.2, -0.15) is 0 Å². The van der Waals surface area contributed by atoms with Gasteiger partial charge in [0, 0.05) is 5.56 Å². The summed E-state index contributed by atoms with van der Waals surface area (Å²) >= 11 is 0. The molecule has 0 unspecified atom stereocenters. The summed E-state index contributed by atoms with van der Waals surface area (Å²) in [5.41, 5.74) is 1.64. The van der Waals surface area contributed by atoms with Gasteiger partial charge in [-0.3, -0.25) is 4.79 Å². The van der Waals surface area contributed by atoms with Gasteiger partial charge in [-0.15, -0.1) is 0 Å². The zero-order valence-electron chi connectivity index (χ0n) is 11.8. The average molecular weight is 285 g/mol. The molecule has 21 heavy (non-hydrogen) atoms. The molecule has 0 aliphatic heterocycles. The fourth-order valence-corrected chi connectivity index (χ4v) is 1.84. The summed E-state index contributed by atoms with van der Waals surface area (Å²) in [5.74, 6) is 6.12. The van der Waals surface area contributed by atoms with Crippen LogP contribution in [-0.2, 0) is 0 Å². The Morgan fingerprint density at radius 3 is 2.86 bits per heavy atom. The lowest BCUT2D eigenvalue weighted by molar-refractivity contribution is 0.102. The predicted molar refractivity (Wildman–Crippen MR) is 78.4 cm³/mol. The monoisotopic (exact) mass is 285 g/mol. The highest BCUT2D eigenvalue weighted by molar-refractivity contribution is 6.05. The number of nitrogens with one attached hydrogen (secondary N) is 1. The maximum atomic E-state index is 12.2. The molecule has 0 bridgehead atoms. The van der Waals surface area contributed by atoms with E-state index < -0.39 is 0 Å². The van der Waals surface area contributed by atoms with Crippen molar-refractivity contribution in [2.75, 3.05) is 19.0 Å². The molecule has 0 aliphatic carbocycles. The summed E-state index contributed by atoms with van der Waals surface area (Å²) < 4.78 is 10.3. The van der Waals surface area contributed by atoms with Gasteiger partial charge in [-0.05, 0) is 31.2 Å². The van der Waals surface area contributed by atoms with Crippen molar-refractivity contribution in [3.05, 3.63) is 47.4 Å². The fraction of sp³-hybridized carbons (Fsp3) is 0.188. The van der Waals surface area contributed by atoms with Crippen LogP contribution in [0.1, 0.15) is 21.7 Å². The Kier molecular flexibility index (Phi) is 4.64. The molecule has 0 radical (unpaired) electrons. The van der Waals surface area contributed by atoms with Gasteiger partial charge in [0.25, 0.3) is 5.91 Å². The molecule has 0 aliphatic rings. The van der Waals surface area contributed by atoms with Crippen LogP contribution in [0.5, 0.6) is 5.75 Å². The maximum Gasteiger partial charge on any atom is 0.259 e. The lowest BCUT2D eigenvalue weighted by Crippen LogP contribution is -2.13. The normalized spacial score (nSPS) is 9.67. The van der Waals surface area contributed by atoms with Crippen molar-refractivity contribution < 1.29 is 19.1 Å². The molecular formula is C16H15NO4. The fourth-order valence-electron chi connectivity index (χ4n) is 1.84. The van der Waals surface area contributed by atoms with Crippen molar-refractivity contribution in [1.82, 2.24) is 0 Å². The Bertz CT molecular complexity index is 707. The third-order valence-electron chi connectivity index (χ3n) is 2.86. The van der Waals surface area contributed by atoms with E-state index in [2.05, 4.69) is 17.2 Å². The minimum absolute atomic E-state index is 0.220. The van der Waals surface area contributed by atoms with Gasteiger partial charge >= 0.3 is 0 Å². The molecule has 1 aromatic carbocycles. The highest BCUT2D eigenvalue weighted by Crippen LogP contribution is 2.26. The SMILES string of the molecule is COc1ccc(C#CCO)cc1NC(=O)c1ccoc1C. The van der Waals surface area contributed by atoms with Gasteiger partial charge in [-0.1, -0.05) is 11.8 Å². The second kappa shape index (κ2) is 6.64. The number of furan rings is 1. The summed E-state index contributed by atoms with van der Waals surface area (Å²) in [5, 5.41) is 11.5. The summed E-state index contributed by atoms with van der Waals surface area (Å²) in [4.78, 5) is 12.2. The first-order valence-corrected chi connectivity index (χ1v) is 6.29. The maximum absolute atomic E-state index is 12.2. The minimum atomic E-state index is -0.285. The molecule has 1 amide bonds. The molecule has 0 saturated heterocycles. The van der Waals surface area contributed by atoms with E-state index in [0.717, 1.165) is 0 Å². The number of aliphatic hydroxyl groups is 1. The first-order valence-electron chi connectivity index (χ1n) is 6.29. The van der Waals surface area contributed by atoms with Crippen LogP contribution < -0.4 is 10.1 Å². The minimum Gasteiger partial charge on any atom is -0.495 e. The van der Waals surface area contributed by atoms with Crippen LogP contribution in [0, 0.1) is 18.8 Å². The number of ether oxygens (including phenoxy) is 1. The number of anilines is 1. The van der Waals surface area contributed by atoms with Crippen LogP contribution >= 0.6 is 0 Å². The van der Waals surface area contributed by atoms with E-state index in [0.29, 0.717) is 28.3 Å². The molecular weight excluding hydrogens is 270 g/mol. The molecule has 1 aromatic heterocycles. The number of aliphatic hydroxyl groups excluding tert-OH is 1. The van der Waals surface area contributed by atoms with Crippen molar-refractivity contribution in [2.45, 2.75) is 6.92 Å². The van der Waals surface area contributed by atoms with Crippen molar-refractivity contribution in [2.24, 2.45) is 0 Å². The highest BCUT2D eigenvalue weighted by atomic mass is 16.5. The molecule has 2 rings (SSSR count). The number of carbonyl (C=O) groups excluding carboxylic acids is 1.